The molecule has 3 heterocycles. The van der Waals surface area contributed by atoms with Gasteiger partial charge in [0, 0.05) is 44.0 Å². The molecule has 0 radical (unpaired) electrons. The van der Waals surface area contributed by atoms with Crippen molar-refractivity contribution in [1.29, 1.82) is 0 Å². The zero-order chi connectivity index (χ0) is 25.0. The molecule has 1 aromatic carbocycles. The summed E-state index contributed by atoms with van der Waals surface area (Å²) in [5.74, 6) is -0.104. The van der Waals surface area contributed by atoms with Gasteiger partial charge in [0.15, 0.2) is 6.61 Å². The number of aromatic nitrogens is 2. The molecule has 1 fully saturated rings. The molecule has 4 rings (SSSR count). The highest BCUT2D eigenvalue weighted by atomic mass is 32.2. The molecule has 12 heteroatoms. The van der Waals surface area contributed by atoms with Gasteiger partial charge in [0.25, 0.3) is 0 Å². The van der Waals surface area contributed by atoms with Gasteiger partial charge in [-0.05, 0) is 32.0 Å². The summed E-state index contributed by atoms with van der Waals surface area (Å²) in [7, 11) is -3.70. The van der Waals surface area contributed by atoms with Gasteiger partial charge in [0.2, 0.25) is 21.8 Å². The van der Waals surface area contributed by atoms with Crippen molar-refractivity contribution in [2.45, 2.75) is 24.8 Å². The van der Waals surface area contributed by atoms with E-state index in [1.165, 1.54) is 29.0 Å². The highest BCUT2D eigenvalue weighted by Gasteiger charge is 2.29. The van der Waals surface area contributed by atoms with Crippen LogP contribution in [0.15, 0.2) is 58.3 Å². The number of benzene rings is 1. The molecule has 0 spiro atoms. The van der Waals surface area contributed by atoms with E-state index in [9.17, 15) is 13.2 Å². The summed E-state index contributed by atoms with van der Waals surface area (Å²) in [5.41, 5.74) is 1.30. The number of hydrogen-bond acceptors (Lipinski definition) is 9. The van der Waals surface area contributed by atoms with Crippen LogP contribution < -0.4 is 14.4 Å². The Morgan fingerprint density at radius 1 is 1.14 bits per heavy atom. The largest absolute Gasteiger partial charge is 0.481 e. The number of ether oxygens (including phenoxy) is 2. The monoisotopic (exact) mass is 502 g/mol. The summed E-state index contributed by atoms with van der Waals surface area (Å²) >= 11 is 0. The smallest absolute Gasteiger partial charge is 0.341 e. The van der Waals surface area contributed by atoms with Gasteiger partial charge in [0.1, 0.15) is 16.9 Å². The number of hydrogen-bond donors (Lipinski definition) is 1. The van der Waals surface area contributed by atoms with E-state index >= 15 is 0 Å². The Balaban J connectivity index is 1.47. The van der Waals surface area contributed by atoms with Crippen LogP contribution in [0, 0.1) is 0 Å². The van der Waals surface area contributed by atoms with E-state index in [-0.39, 0.29) is 24.1 Å². The first-order chi connectivity index (χ1) is 16.7. The Morgan fingerprint density at radius 3 is 2.51 bits per heavy atom. The van der Waals surface area contributed by atoms with Crippen LogP contribution in [0.25, 0.3) is 11.5 Å². The Morgan fingerprint density at radius 2 is 1.91 bits per heavy atom. The van der Waals surface area contributed by atoms with Gasteiger partial charge >= 0.3 is 5.97 Å². The lowest BCUT2D eigenvalue weighted by Gasteiger charge is -2.35. The summed E-state index contributed by atoms with van der Waals surface area (Å²) in [4.78, 5) is 21.4. The molecule has 0 unspecified atom stereocenters. The van der Waals surface area contributed by atoms with E-state index in [2.05, 4.69) is 9.97 Å². The van der Waals surface area contributed by atoms with Gasteiger partial charge in [-0.15, -0.1) is 0 Å². The van der Waals surface area contributed by atoms with Crippen LogP contribution in [-0.2, 0) is 14.8 Å². The molecule has 186 valence electrons. The quantitative estimate of drug-likeness (QED) is 0.465. The minimum absolute atomic E-state index is 0.0579. The fourth-order valence-corrected chi connectivity index (χ4v) is 5.03. The SMILES string of the molecule is CC(C)Oc1ccc(S(=O)(=O)N2CCN(c3ccc(-c4ncco4)c(OCC(=O)O)c3)CC2)cn1. The van der Waals surface area contributed by atoms with Crippen molar-refractivity contribution in [2.24, 2.45) is 0 Å². The molecule has 2 aromatic heterocycles. The third-order valence-electron chi connectivity index (χ3n) is 5.29. The zero-order valence-electron chi connectivity index (χ0n) is 19.3. The Kier molecular flexibility index (Phi) is 7.22. The maximum Gasteiger partial charge on any atom is 0.341 e. The number of aliphatic carboxylic acids is 1. The van der Waals surface area contributed by atoms with Gasteiger partial charge in [-0.25, -0.2) is 23.2 Å². The molecule has 11 nitrogen and oxygen atoms in total. The Labute approximate surface area is 203 Å². The van der Waals surface area contributed by atoms with Crippen molar-refractivity contribution in [3.8, 4) is 23.1 Å². The van der Waals surface area contributed by atoms with Crippen LogP contribution in [0.5, 0.6) is 11.6 Å². The predicted octanol–water partition coefficient (Wildman–Crippen LogP) is 2.50. The lowest BCUT2D eigenvalue weighted by atomic mass is 10.1. The van der Waals surface area contributed by atoms with Crippen LogP contribution in [-0.4, -0.2) is 72.7 Å². The molecule has 0 atom stereocenters. The number of rotatable bonds is 9. The highest BCUT2D eigenvalue weighted by molar-refractivity contribution is 7.89. The first-order valence-corrected chi connectivity index (χ1v) is 12.4. The number of pyridine rings is 1. The van der Waals surface area contributed by atoms with E-state index in [4.69, 9.17) is 19.0 Å². The summed E-state index contributed by atoms with van der Waals surface area (Å²) in [6.07, 6.45) is 4.17. The van der Waals surface area contributed by atoms with Crippen LogP contribution >= 0.6 is 0 Å². The van der Waals surface area contributed by atoms with Gasteiger partial charge in [-0.2, -0.15) is 4.31 Å². The van der Waals surface area contributed by atoms with Crippen LogP contribution in [0.4, 0.5) is 5.69 Å². The highest BCUT2D eigenvalue weighted by Crippen LogP contribution is 2.33. The molecule has 0 aliphatic carbocycles. The van der Waals surface area contributed by atoms with E-state index in [0.717, 1.165) is 5.69 Å². The van der Waals surface area contributed by atoms with Crippen molar-refractivity contribution in [1.82, 2.24) is 14.3 Å². The summed E-state index contributed by atoms with van der Waals surface area (Å²) in [6.45, 7) is 4.66. The van der Waals surface area contributed by atoms with Crippen LogP contribution in [0.3, 0.4) is 0 Å². The fraction of sp³-hybridized carbons (Fsp3) is 0.348. The summed E-state index contributed by atoms with van der Waals surface area (Å²) < 4.78 is 43.9. The maximum absolute atomic E-state index is 13.1. The second-order valence-corrected chi connectivity index (χ2v) is 10.0. The van der Waals surface area contributed by atoms with E-state index in [0.29, 0.717) is 36.2 Å². The van der Waals surface area contributed by atoms with Crippen molar-refractivity contribution >= 4 is 21.7 Å². The first-order valence-electron chi connectivity index (χ1n) is 11.0. The summed E-state index contributed by atoms with van der Waals surface area (Å²) in [6, 6.07) is 8.35. The molecule has 0 saturated carbocycles. The molecule has 1 N–H and O–H groups in total. The van der Waals surface area contributed by atoms with Gasteiger partial charge in [-0.3, -0.25) is 0 Å². The van der Waals surface area contributed by atoms with Crippen molar-refractivity contribution < 1.29 is 32.2 Å². The molecular formula is C23H26N4O7S. The molecule has 1 aliphatic heterocycles. The number of piperazine rings is 1. The van der Waals surface area contributed by atoms with E-state index < -0.39 is 22.6 Å². The number of anilines is 1. The minimum Gasteiger partial charge on any atom is -0.481 e. The maximum atomic E-state index is 13.1. The lowest BCUT2D eigenvalue weighted by Crippen LogP contribution is -2.48. The molecule has 3 aromatic rings. The molecule has 0 bridgehead atoms. The third-order valence-corrected chi connectivity index (χ3v) is 7.17. The molecular weight excluding hydrogens is 476 g/mol. The van der Waals surface area contributed by atoms with Crippen molar-refractivity contribution in [3.63, 3.8) is 0 Å². The number of nitrogens with zero attached hydrogens (tertiary/aromatic N) is 4. The van der Waals surface area contributed by atoms with Crippen molar-refractivity contribution in [3.05, 3.63) is 49.0 Å². The lowest BCUT2D eigenvalue weighted by molar-refractivity contribution is -0.139. The topological polar surface area (TPSA) is 135 Å². The normalized spacial score (nSPS) is 14.8. The molecule has 0 amide bonds. The number of oxazole rings is 1. The van der Waals surface area contributed by atoms with Gasteiger partial charge in [0.05, 0.1) is 24.1 Å². The Bertz CT molecular complexity index is 1250. The number of carboxylic acids is 1. The fourth-order valence-electron chi connectivity index (χ4n) is 3.67. The minimum atomic E-state index is -3.70. The average Bonchev–Trinajstić information content (AvgIpc) is 3.37. The van der Waals surface area contributed by atoms with E-state index in [1.807, 2.05) is 24.8 Å². The molecule has 1 saturated heterocycles. The first kappa shape index (κ1) is 24.5. The number of sulfonamides is 1. The summed E-state index contributed by atoms with van der Waals surface area (Å²) in [5, 5.41) is 9.02. The van der Waals surface area contributed by atoms with Gasteiger partial charge in [-0.1, -0.05) is 0 Å². The number of carbonyl (C=O) groups is 1. The second-order valence-electron chi connectivity index (χ2n) is 8.09. The average molecular weight is 503 g/mol. The molecule has 1 aliphatic rings. The standard InChI is InChI=1S/C23H26N4O7S/c1-16(2)34-21-6-4-18(14-25-21)35(30,31)27-10-8-26(9-11-27)17-3-5-19(23-24-7-12-32-23)20(13-17)33-15-22(28)29/h3-7,12-14,16H,8-11,15H2,1-2H3,(H,28,29). The predicted molar refractivity (Wildman–Crippen MR) is 126 cm³/mol. The van der Waals surface area contributed by atoms with Gasteiger partial charge < -0.3 is 23.9 Å². The second kappa shape index (κ2) is 10.3. The third kappa shape index (κ3) is 5.72. The van der Waals surface area contributed by atoms with Crippen LogP contribution in [0.1, 0.15) is 13.8 Å². The van der Waals surface area contributed by atoms with Crippen LogP contribution in [0.2, 0.25) is 0 Å². The van der Waals surface area contributed by atoms with E-state index in [1.54, 1.807) is 18.2 Å². The number of carboxylic acid groups (broad SMARTS) is 1. The zero-order valence-corrected chi connectivity index (χ0v) is 20.1. The van der Waals surface area contributed by atoms with Crippen molar-refractivity contribution in [2.75, 3.05) is 37.7 Å². The Hall–Kier alpha value is -3.64. The molecule has 35 heavy (non-hydrogen) atoms.